The number of carbonyl (C=O) groups excluding carboxylic acids is 1. The maximum absolute atomic E-state index is 12.9. The van der Waals surface area contributed by atoms with Crippen LogP contribution in [0.3, 0.4) is 0 Å². The number of carbonyl (C=O) groups is 1. The molecule has 0 radical (unpaired) electrons. The molecule has 0 aliphatic heterocycles. The predicted octanol–water partition coefficient (Wildman–Crippen LogP) is 2.66. The summed E-state index contributed by atoms with van der Waals surface area (Å²) in [6.07, 6.45) is 0.861. The van der Waals surface area contributed by atoms with Crippen molar-refractivity contribution in [2.75, 3.05) is 0 Å². The first kappa shape index (κ1) is 11.7. The minimum atomic E-state index is -0.380. The van der Waals surface area contributed by atoms with E-state index in [-0.39, 0.29) is 17.8 Å². The molecule has 0 aliphatic rings. The van der Waals surface area contributed by atoms with Crippen LogP contribution >= 0.6 is 0 Å². The Morgan fingerprint density at radius 2 is 2.20 bits per heavy atom. The van der Waals surface area contributed by atoms with Crippen LogP contribution in [-0.4, -0.2) is 11.9 Å². The fourth-order valence-electron chi connectivity index (χ4n) is 1.24. The van der Waals surface area contributed by atoms with Gasteiger partial charge in [0.15, 0.2) is 0 Å². The van der Waals surface area contributed by atoms with E-state index in [9.17, 15) is 9.18 Å². The van der Waals surface area contributed by atoms with Gasteiger partial charge in [-0.05, 0) is 38.0 Å². The standard InChI is InChI=1S/C12H16FNO/c1-4-9(3)14-12(15)11-7-10(13)6-5-8(11)2/h5-7,9H,4H2,1-3H3,(H,14,15). The fraction of sp³-hybridized carbons (Fsp3) is 0.417. The van der Waals surface area contributed by atoms with E-state index in [0.29, 0.717) is 5.56 Å². The normalized spacial score (nSPS) is 12.3. The molecule has 1 amide bonds. The molecule has 82 valence electrons. The molecule has 3 heteroatoms. The van der Waals surface area contributed by atoms with Crippen molar-refractivity contribution in [3.8, 4) is 0 Å². The second kappa shape index (κ2) is 4.91. The third-order valence-electron chi connectivity index (χ3n) is 2.43. The van der Waals surface area contributed by atoms with Crippen LogP contribution in [0.15, 0.2) is 18.2 Å². The summed E-state index contributed by atoms with van der Waals surface area (Å²) >= 11 is 0. The quantitative estimate of drug-likeness (QED) is 0.814. The van der Waals surface area contributed by atoms with Gasteiger partial charge in [-0.1, -0.05) is 13.0 Å². The number of rotatable bonds is 3. The van der Waals surface area contributed by atoms with Gasteiger partial charge in [-0.3, -0.25) is 4.79 Å². The van der Waals surface area contributed by atoms with E-state index in [2.05, 4.69) is 5.32 Å². The van der Waals surface area contributed by atoms with Gasteiger partial charge in [0, 0.05) is 11.6 Å². The van der Waals surface area contributed by atoms with Gasteiger partial charge in [0.25, 0.3) is 5.91 Å². The van der Waals surface area contributed by atoms with Gasteiger partial charge in [0.05, 0.1) is 0 Å². The van der Waals surface area contributed by atoms with Crippen LogP contribution in [0.2, 0.25) is 0 Å². The van der Waals surface area contributed by atoms with E-state index in [1.807, 2.05) is 13.8 Å². The molecule has 0 aromatic heterocycles. The van der Waals surface area contributed by atoms with Crippen LogP contribution in [0, 0.1) is 12.7 Å². The smallest absolute Gasteiger partial charge is 0.251 e. The average Bonchev–Trinajstić information content (AvgIpc) is 2.21. The third-order valence-corrected chi connectivity index (χ3v) is 2.43. The predicted molar refractivity (Wildman–Crippen MR) is 58.4 cm³/mol. The van der Waals surface area contributed by atoms with Gasteiger partial charge in [-0.25, -0.2) is 4.39 Å². The van der Waals surface area contributed by atoms with Crippen LogP contribution in [0.1, 0.15) is 36.2 Å². The molecule has 0 spiro atoms. The SMILES string of the molecule is CCC(C)NC(=O)c1cc(F)ccc1C. The van der Waals surface area contributed by atoms with E-state index in [4.69, 9.17) is 0 Å². The summed E-state index contributed by atoms with van der Waals surface area (Å²) in [5.41, 5.74) is 1.20. The second-order valence-electron chi connectivity index (χ2n) is 3.74. The van der Waals surface area contributed by atoms with Crippen molar-refractivity contribution >= 4 is 5.91 Å². The van der Waals surface area contributed by atoms with Crippen molar-refractivity contribution < 1.29 is 9.18 Å². The Bertz CT molecular complexity index is 363. The highest BCUT2D eigenvalue weighted by molar-refractivity contribution is 5.95. The molecule has 1 aromatic carbocycles. The zero-order valence-electron chi connectivity index (χ0n) is 9.30. The van der Waals surface area contributed by atoms with Gasteiger partial charge < -0.3 is 5.32 Å². The first-order valence-electron chi connectivity index (χ1n) is 5.11. The molecular weight excluding hydrogens is 193 g/mol. The van der Waals surface area contributed by atoms with Gasteiger partial charge >= 0.3 is 0 Å². The number of benzene rings is 1. The van der Waals surface area contributed by atoms with Crippen LogP contribution in [-0.2, 0) is 0 Å². The number of hydrogen-bond donors (Lipinski definition) is 1. The van der Waals surface area contributed by atoms with E-state index in [1.54, 1.807) is 13.0 Å². The first-order chi connectivity index (χ1) is 7.04. The topological polar surface area (TPSA) is 29.1 Å². The van der Waals surface area contributed by atoms with Gasteiger partial charge in [-0.15, -0.1) is 0 Å². The summed E-state index contributed by atoms with van der Waals surface area (Å²) in [5.74, 6) is -0.587. The van der Waals surface area contributed by atoms with E-state index in [0.717, 1.165) is 12.0 Å². The highest BCUT2D eigenvalue weighted by Crippen LogP contribution is 2.10. The Morgan fingerprint density at radius 1 is 1.53 bits per heavy atom. The summed E-state index contributed by atoms with van der Waals surface area (Å²) in [4.78, 5) is 11.7. The van der Waals surface area contributed by atoms with Crippen molar-refractivity contribution in [1.29, 1.82) is 0 Å². The van der Waals surface area contributed by atoms with Crippen LogP contribution < -0.4 is 5.32 Å². The number of halogens is 1. The summed E-state index contributed by atoms with van der Waals surface area (Å²) in [6, 6.07) is 4.35. The minimum Gasteiger partial charge on any atom is -0.350 e. The lowest BCUT2D eigenvalue weighted by molar-refractivity contribution is 0.0938. The third kappa shape index (κ3) is 3.05. The lowest BCUT2D eigenvalue weighted by Crippen LogP contribution is -2.32. The minimum absolute atomic E-state index is 0.111. The van der Waals surface area contributed by atoms with Crippen molar-refractivity contribution in [2.45, 2.75) is 33.2 Å². The zero-order chi connectivity index (χ0) is 11.4. The average molecular weight is 209 g/mol. The molecule has 0 saturated carbocycles. The van der Waals surface area contributed by atoms with Crippen molar-refractivity contribution in [3.63, 3.8) is 0 Å². The zero-order valence-corrected chi connectivity index (χ0v) is 9.30. The molecule has 0 bridgehead atoms. The lowest BCUT2D eigenvalue weighted by atomic mass is 10.1. The molecule has 0 heterocycles. The second-order valence-corrected chi connectivity index (χ2v) is 3.74. The summed E-state index contributed by atoms with van der Waals surface area (Å²) < 4.78 is 12.9. The molecule has 1 unspecified atom stereocenters. The molecule has 0 fully saturated rings. The highest BCUT2D eigenvalue weighted by atomic mass is 19.1. The van der Waals surface area contributed by atoms with E-state index in [1.165, 1.54) is 12.1 Å². The largest absolute Gasteiger partial charge is 0.350 e. The lowest BCUT2D eigenvalue weighted by Gasteiger charge is -2.12. The number of amides is 1. The van der Waals surface area contributed by atoms with Crippen LogP contribution in [0.5, 0.6) is 0 Å². The maximum Gasteiger partial charge on any atom is 0.251 e. The monoisotopic (exact) mass is 209 g/mol. The molecule has 1 N–H and O–H groups in total. The Morgan fingerprint density at radius 3 is 2.80 bits per heavy atom. The van der Waals surface area contributed by atoms with Crippen molar-refractivity contribution in [1.82, 2.24) is 5.32 Å². The molecule has 1 rings (SSSR count). The van der Waals surface area contributed by atoms with Crippen LogP contribution in [0.25, 0.3) is 0 Å². The number of nitrogens with one attached hydrogen (secondary N) is 1. The Hall–Kier alpha value is -1.38. The maximum atomic E-state index is 12.9. The molecule has 0 aliphatic carbocycles. The van der Waals surface area contributed by atoms with E-state index >= 15 is 0 Å². The van der Waals surface area contributed by atoms with Gasteiger partial charge in [0.2, 0.25) is 0 Å². The van der Waals surface area contributed by atoms with Crippen molar-refractivity contribution in [3.05, 3.63) is 35.1 Å². The summed E-state index contributed by atoms with van der Waals surface area (Å²) in [5, 5.41) is 2.81. The molecule has 1 aromatic rings. The molecule has 2 nitrogen and oxygen atoms in total. The number of aryl methyl sites for hydroxylation is 1. The number of hydrogen-bond acceptors (Lipinski definition) is 1. The first-order valence-corrected chi connectivity index (χ1v) is 5.11. The van der Waals surface area contributed by atoms with Gasteiger partial charge in [-0.2, -0.15) is 0 Å². The summed E-state index contributed by atoms with van der Waals surface area (Å²) in [6.45, 7) is 5.71. The fourth-order valence-corrected chi connectivity index (χ4v) is 1.24. The molecular formula is C12H16FNO. The molecule has 15 heavy (non-hydrogen) atoms. The van der Waals surface area contributed by atoms with E-state index < -0.39 is 0 Å². The highest BCUT2D eigenvalue weighted by Gasteiger charge is 2.11. The molecule has 1 atom stereocenters. The Kier molecular flexibility index (Phi) is 3.83. The molecule has 0 saturated heterocycles. The Labute approximate surface area is 89.5 Å². The van der Waals surface area contributed by atoms with Crippen molar-refractivity contribution in [2.24, 2.45) is 0 Å². The Balaban J connectivity index is 2.86. The van der Waals surface area contributed by atoms with Gasteiger partial charge in [0.1, 0.15) is 5.82 Å². The van der Waals surface area contributed by atoms with Crippen LogP contribution in [0.4, 0.5) is 4.39 Å². The summed E-state index contributed by atoms with van der Waals surface area (Å²) in [7, 11) is 0.